The highest BCUT2D eigenvalue weighted by molar-refractivity contribution is 5.86. The van der Waals surface area contributed by atoms with Gasteiger partial charge in [-0.05, 0) is 55.3 Å². The van der Waals surface area contributed by atoms with Gasteiger partial charge in [0.25, 0.3) is 0 Å². The van der Waals surface area contributed by atoms with Crippen molar-refractivity contribution in [3.8, 4) is 11.3 Å². The lowest BCUT2D eigenvalue weighted by Crippen LogP contribution is -2.35. The van der Waals surface area contributed by atoms with E-state index in [2.05, 4.69) is 57.2 Å². The van der Waals surface area contributed by atoms with Gasteiger partial charge in [-0.1, -0.05) is 36.4 Å². The third-order valence-corrected chi connectivity index (χ3v) is 5.79. The lowest BCUT2D eigenvalue weighted by Gasteiger charge is -2.23. The monoisotopic (exact) mass is 344 g/mol. The first-order valence-corrected chi connectivity index (χ1v) is 9.68. The molecule has 4 heteroatoms. The van der Waals surface area contributed by atoms with Crippen molar-refractivity contribution in [3.63, 3.8) is 0 Å². The average molecular weight is 344 g/mol. The maximum Gasteiger partial charge on any atom is 0.225 e. The molecular weight excluding hydrogens is 320 g/mol. The van der Waals surface area contributed by atoms with Crippen LogP contribution in [0.2, 0.25) is 0 Å². The van der Waals surface area contributed by atoms with Gasteiger partial charge in [-0.25, -0.2) is 9.97 Å². The van der Waals surface area contributed by atoms with Crippen molar-refractivity contribution >= 4 is 16.7 Å². The second kappa shape index (κ2) is 6.69. The first-order chi connectivity index (χ1) is 12.9. The van der Waals surface area contributed by atoms with Crippen LogP contribution in [0.15, 0.2) is 54.7 Å². The van der Waals surface area contributed by atoms with Crippen molar-refractivity contribution in [3.05, 3.63) is 54.7 Å². The summed E-state index contributed by atoms with van der Waals surface area (Å²) in [7, 11) is 0. The Hall–Kier alpha value is -2.46. The molecule has 0 saturated carbocycles. The van der Waals surface area contributed by atoms with Crippen LogP contribution < -0.4 is 4.90 Å². The van der Waals surface area contributed by atoms with Gasteiger partial charge in [0, 0.05) is 30.9 Å². The quantitative estimate of drug-likeness (QED) is 0.720. The number of anilines is 1. The molecule has 2 fully saturated rings. The summed E-state index contributed by atoms with van der Waals surface area (Å²) in [6, 6.07) is 17.7. The van der Waals surface area contributed by atoms with Crippen LogP contribution in [-0.4, -0.2) is 47.1 Å². The molecule has 5 rings (SSSR count). The van der Waals surface area contributed by atoms with E-state index in [1.54, 1.807) is 0 Å². The summed E-state index contributed by atoms with van der Waals surface area (Å²) in [5.74, 6) is 0.873. The lowest BCUT2D eigenvalue weighted by atomic mass is 10.1. The summed E-state index contributed by atoms with van der Waals surface area (Å²) >= 11 is 0. The Bertz CT molecular complexity index is 917. The number of fused-ring (bicyclic) bond motifs is 1. The molecule has 2 aliphatic rings. The van der Waals surface area contributed by atoms with E-state index in [1.165, 1.54) is 43.1 Å². The van der Waals surface area contributed by atoms with E-state index < -0.39 is 0 Å². The Balaban J connectivity index is 1.40. The van der Waals surface area contributed by atoms with Crippen molar-refractivity contribution in [2.45, 2.75) is 25.3 Å². The molecule has 0 bridgehead atoms. The van der Waals surface area contributed by atoms with Crippen molar-refractivity contribution in [1.29, 1.82) is 0 Å². The van der Waals surface area contributed by atoms with Crippen LogP contribution in [0.3, 0.4) is 0 Å². The SMILES string of the molecule is c1ccc2cc(-c3ccnc(N4CC[C@H](N5CCCC5)C4)n3)ccc2c1. The summed E-state index contributed by atoms with van der Waals surface area (Å²) in [6.45, 7) is 4.64. The van der Waals surface area contributed by atoms with Crippen LogP contribution in [0, 0.1) is 0 Å². The van der Waals surface area contributed by atoms with E-state index >= 15 is 0 Å². The molecule has 2 aromatic carbocycles. The molecule has 0 aliphatic carbocycles. The molecule has 0 unspecified atom stereocenters. The number of hydrogen-bond donors (Lipinski definition) is 0. The fourth-order valence-corrected chi connectivity index (χ4v) is 4.34. The van der Waals surface area contributed by atoms with Crippen LogP contribution in [0.5, 0.6) is 0 Å². The summed E-state index contributed by atoms with van der Waals surface area (Å²) in [4.78, 5) is 14.5. The summed E-state index contributed by atoms with van der Waals surface area (Å²) in [5, 5.41) is 2.51. The average Bonchev–Trinajstić information content (AvgIpc) is 3.39. The maximum absolute atomic E-state index is 4.89. The number of benzene rings is 2. The number of nitrogens with zero attached hydrogens (tertiary/aromatic N) is 4. The Kier molecular flexibility index (Phi) is 4.06. The predicted molar refractivity (Wildman–Crippen MR) is 106 cm³/mol. The van der Waals surface area contributed by atoms with Crippen molar-refractivity contribution < 1.29 is 0 Å². The molecule has 0 amide bonds. The highest BCUT2D eigenvalue weighted by atomic mass is 15.3. The summed E-state index contributed by atoms with van der Waals surface area (Å²) in [6.07, 6.45) is 5.83. The van der Waals surface area contributed by atoms with Crippen LogP contribution in [0.1, 0.15) is 19.3 Å². The fraction of sp³-hybridized carbons (Fsp3) is 0.364. The Labute approximate surface area is 154 Å². The first kappa shape index (κ1) is 15.8. The standard InChI is InChI=1S/C22H24N4/c1-2-6-18-15-19(8-7-17(18)5-1)21-9-11-23-22(24-21)26-14-10-20(16-26)25-12-3-4-13-25/h1-2,5-9,11,15,20H,3-4,10,12-14,16H2/t20-/m0/s1. The molecule has 0 spiro atoms. The smallest absolute Gasteiger partial charge is 0.225 e. The molecule has 4 nitrogen and oxygen atoms in total. The van der Waals surface area contributed by atoms with Gasteiger partial charge in [-0.3, -0.25) is 4.90 Å². The third kappa shape index (κ3) is 2.95. The van der Waals surface area contributed by atoms with E-state index in [0.717, 1.165) is 30.3 Å². The topological polar surface area (TPSA) is 32.3 Å². The Morgan fingerprint density at radius 1 is 0.885 bits per heavy atom. The summed E-state index contributed by atoms with van der Waals surface area (Å²) in [5.41, 5.74) is 2.16. The second-order valence-corrected chi connectivity index (χ2v) is 7.44. The molecule has 2 aliphatic heterocycles. The van der Waals surface area contributed by atoms with Crippen molar-refractivity contribution in [2.75, 3.05) is 31.1 Å². The highest BCUT2D eigenvalue weighted by Gasteiger charge is 2.30. The fourth-order valence-electron chi connectivity index (χ4n) is 4.34. The molecule has 2 saturated heterocycles. The van der Waals surface area contributed by atoms with Crippen LogP contribution >= 0.6 is 0 Å². The number of hydrogen-bond acceptors (Lipinski definition) is 4. The van der Waals surface area contributed by atoms with Gasteiger partial charge in [0.05, 0.1) is 5.69 Å². The molecule has 3 aromatic rings. The minimum atomic E-state index is 0.672. The van der Waals surface area contributed by atoms with Crippen LogP contribution in [-0.2, 0) is 0 Å². The minimum absolute atomic E-state index is 0.672. The molecule has 0 N–H and O–H groups in total. The number of rotatable bonds is 3. The Morgan fingerprint density at radius 2 is 1.73 bits per heavy atom. The highest BCUT2D eigenvalue weighted by Crippen LogP contribution is 2.26. The van der Waals surface area contributed by atoms with Gasteiger partial charge >= 0.3 is 0 Å². The van der Waals surface area contributed by atoms with Crippen molar-refractivity contribution in [2.24, 2.45) is 0 Å². The Morgan fingerprint density at radius 3 is 2.62 bits per heavy atom. The lowest BCUT2D eigenvalue weighted by molar-refractivity contribution is 0.260. The molecule has 1 atom stereocenters. The molecule has 3 heterocycles. The van der Waals surface area contributed by atoms with Gasteiger partial charge in [0.1, 0.15) is 0 Å². The van der Waals surface area contributed by atoms with Gasteiger partial charge < -0.3 is 4.90 Å². The van der Waals surface area contributed by atoms with Crippen molar-refractivity contribution in [1.82, 2.24) is 14.9 Å². The van der Waals surface area contributed by atoms with Gasteiger partial charge in [0.15, 0.2) is 0 Å². The minimum Gasteiger partial charge on any atom is -0.339 e. The zero-order valence-electron chi connectivity index (χ0n) is 15.0. The molecule has 1 aromatic heterocycles. The molecule has 26 heavy (non-hydrogen) atoms. The van der Waals surface area contributed by atoms with E-state index in [4.69, 9.17) is 4.98 Å². The molecule has 0 radical (unpaired) electrons. The normalized spacial score (nSPS) is 20.9. The first-order valence-electron chi connectivity index (χ1n) is 9.68. The zero-order chi connectivity index (χ0) is 17.3. The van der Waals surface area contributed by atoms with E-state index in [1.807, 2.05) is 12.3 Å². The van der Waals surface area contributed by atoms with Gasteiger partial charge in [-0.2, -0.15) is 0 Å². The van der Waals surface area contributed by atoms with Gasteiger partial charge in [-0.15, -0.1) is 0 Å². The maximum atomic E-state index is 4.89. The summed E-state index contributed by atoms with van der Waals surface area (Å²) < 4.78 is 0. The zero-order valence-corrected chi connectivity index (χ0v) is 15.0. The number of likely N-dealkylation sites (tertiary alicyclic amines) is 1. The van der Waals surface area contributed by atoms with Crippen LogP contribution in [0.4, 0.5) is 5.95 Å². The third-order valence-electron chi connectivity index (χ3n) is 5.79. The van der Waals surface area contributed by atoms with E-state index in [-0.39, 0.29) is 0 Å². The van der Waals surface area contributed by atoms with Crippen LogP contribution in [0.25, 0.3) is 22.0 Å². The number of aromatic nitrogens is 2. The second-order valence-electron chi connectivity index (χ2n) is 7.44. The predicted octanol–water partition coefficient (Wildman–Crippen LogP) is 3.97. The molecule has 132 valence electrons. The van der Waals surface area contributed by atoms with Gasteiger partial charge in [0.2, 0.25) is 5.95 Å². The largest absolute Gasteiger partial charge is 0.339 e. The van der Waals surface area contributed by atoms with E-state index in [0.29, 0.717) is 6.04 Å². The molecular formula is C22H24N4. The van der Waals surface area contributed by atoms with E-state index in [9.17, 15) is 0 Å².